The molecule has 0 aromatic rings. The number of aliphatic hydroxyl groups excluding tert-OH is 1. The number of phosphoric acid groups is 2. The van der Waals surface area contributed by atoms with E-state index in [1.807, 2.05) is 0 Å². The lowest BCUT2D eigenvalue weighted by Crippen LogP contribution is -2.30. The minimum absolute atomic E-state index is 0.103. The van der Waals surface area contributed by atoms with E-state index in [1.165, 1.54) is 89.9 Å². The van der Waals surface area contributed by atoms with Crippen LogP contribution in [-0.4, -0.2) is 96.7 Å². The molecule has 0 saturated carbocycles. The molecule has 19 heteroatoms. The summed E-state index contributed by atoms with van der Waals surface area (Å²) in [6.45, 7) is 13.9. The maximum atomic E-state index is 13.0. The van der Waals surface area contributed by atoms with E-state index in [9.17, 15) is 43.2 Å². The maximum absolute atomic E-state index is 13.0. The summed E-state index contributed by atoms with van der Waals surface area (Å²) in [5.74, 6) is 0.728. The molecule has 0 rings (SSSR count). The van der Waals surface area contributed by atoms with Crippen LogP contribution in [0, 0.1) is 23.7 Å². The van der Waals surface area contributed by atoms with E-state index in [0.717, 1.165) is 115 Å². The first kappa shape index (κ1) is 80.1. The molecule has 82 heavy (non-hydrogen) atoms. The van der Waals surface area contributed by atoms with Gasteiger partial charge in [0.1, 0.15) is 19.3 Å². The highest BCUT2D eigenvalue weighted by molar-refractivity contribution is 7.47. The quantitative estimate of drug-likeness (QED) is 0.0222. The van der Waals surface area contributed by atoms with Gasteiger partial charge in [0.25, 0.3) is 0 Å². The first-order chi connectivity index (χ1) is 39.1. The zero-order valence-corrected chi connectivity index (χ0v) is 54.9. The van der Waals surface area contributed by atoms with Crippen LogP contribution in [0.4, 0.5) is 0 Å². The predicted octanol–water partition coefficient (Wildman–Crippen LogP) is 17.0. The second-order valence-corrected chi connectivity index (χ2v) is 27.4. The molecule has 4 unspecified atom stereocenters. The van der Waals surface area contributed by atoms with Crippen LogP contribution in [0.25, 0.3) is 0 Å². The van der Waals surface area contributed by atoms with Gasteiger partial charge in [-0.1, -0.05) is 248 Å². The normalized spacial score (nSPS) is 14.8. The molecule has 0 saturated heterocycles. The molecule has 6 atom stereocenters. The van der Waals surface area contributed by atoms with Crippen LogP contribution in [-0.2, 0) is 65.4 Å². The van der Waals surface area contributed by atoms with Crippen LogP contribution in [0.3, 0.4) is 0 Å². The molecule has 0 aliphatic heterocycles. The number of ether oxygens (including phenoxy) is 4. The summed E-state index contributed by atoms with van der Waals surface area (Å²) in [7, 11) is -9.89. The van der Waals surface area contributed by atoms with Crippen molar-refractivity contribution in [1.29, 1.82) is 0 Å². The predicted molar refractivity (Wildman–Crippen MR) is 326 cm³/mol. The van der Waals surface area contributed by atoms with Crippen molar-refractivity contribution in [2.45, 2.75) is 318 Å². The van der Waals surface area contributed by atoms with Crippen molar-refractivity contribution >= 4 is 39.5 Å². The molecule has 0 fully saturated rings. The Bertz CT molecular complexity index is 1650. The SMILES string of the molecule is CCC(C)CCCCCCCCCCC(=O)O[C@H](COC(=O)CCCCCCCCCC(C)C)COP(=O)(O)OCC(O)COP(=O)(O)OC[C@@H](COC(=O)CCCCCCCCC(C)C)OC(=O)CCCCCCCCCCC(C)C. The number of rotatable bonds is 60. The molecule has 3 N–H and O–H groups in total. The van der Waals surface area contributed by atoms with E-state index >= 15 is 0 Å². The Morgan fingerprint density at radius 2 is 0.585 bits per heavy atom. The van der Waals surface area contributed by atoms with E-state index in [4.69, 9.17) is 37.0 Å². The molecule has 486 valence electrons. The van der Waals surface area contributed by atoms with Crippen LogP contribution >= 0.6 is 15.6 Å². The monoisotopic (exact) mass is 1210 g/mol. The van der Waals surface area contributed by atoms with Gasteiger partial charge in [-0.15, -0.1) is 0 Å². The first-order valence-electron chi connectivity index (χ1n) is 32.7. The fourth-order valence-corrected chi connectivity index (χ4v) is 10.8. The maximum Gasteiger partial charge on any atom is 0.472 e. The molecule has 17 nitrogen and oxygen atoms in total. The fraction of sp³-hybridized carbons (Fsp3) is 0.937. The average molecular weight is 1210 g/mol. The molecule has 0 radical (unpaired) electrons. The lowest BCUT2D eigenvalue weighted by Gasteiger charge is -2.21. The highest BCUT2D eigenvalue weighted by atomic mass is 31.2. The highest BCUT2D eigenvalue weighted by Gasteiger charge is 2.30. The minimum atomic E-state index is -4.94. The Morgan fingerprint density at radius 3 is 0.866 bits per heavy atom. The van der Waals surface area contributed by atoms with Gasteiger partial charge >= 0.3 is 39.5 Å². The second kappa shape index (κ2) is 53.3. The van der Waals surface area contributed by atoms with Crippen LogP contribution in [0.5, 0.6) is 0 Å². The zero-order chi connectivity index (χ0) is 61.1. The Hall–Kier alpha value is -1.94. The van der Waals surface area contributed by atoms with E-state index < -0.39 is 97.5 Å². The van der Waals surface area contributed by atoms with Gasteiger partial charge in [0.05, 0.1) is 26.4 Å². The van der Waals surface area contributed by atoms with Crippen molar-refractivity contribution in [2.24, 2.45) is 23.7 Å². The molecule has 0 amide bonds. The van der Waals surface area contributed by atoms with Gasteiger partial charge in [0.15, 0.2) is 12.2 Å². The number of carbonyl (C=O) groups is 4. The number of hydrogen-bond donors (Lipinski definition) is 3. The van der Waals surface area contributed by atoms with Gasteiger partial charge in [0.2, 0.25) is 0 Å². The molecule has 0 aromatic carbocycles. The van der Waals surface area contributed by atoms with Crippen LogP contribution in [0.2, 0.25) is 0 Å². The van der Waals surface area contributed by atoms with Gasteiger partial charge in [-0.3, -0.25) is 37.3 Å². The topological polar surface area (TPSA) is 237 Å². The van der Waals surface area contributed by atoms with E-state index in [0.29, 0.717) is 37.5 Å². The molecule has 0 bridgehead atoms. The molecule has 0 aromatic heterocycles. The summed E-state index contributed by atoms with van der Waals surface area (Å²) in [6, 6.07) is 0. The molecular formula is C63H122O17P2. The first-order valence-corrected chi connectivity index (χ1v) is 35.7. The Kier molecular flexibility index (Phi) is 52.0. The second-order valence-electron chi connectivity index (χ2n) is 24.5. The van der Waals surface area contributed by atoms with Crippen LogP contribution in [0.15, 0.2) is 0 Å². The average Bonchev–Trinajstić information content (AvgIpc) is 3.44. The van der Waals surface area contributed by atoms with Crippen molar-refractivity contribution in [3.05, 3.63) is 0 Å². The van der Waals surface area contributed by atoms with Gasteiger partial charge in [-0.2, -0.15) is 0 Å². The Balaban J connectivity index is 5.26. The number of unbranched alkanes of at least 4 members (excludes halogenated alkanes) is 25. The number of carbonyl (C=O) groups excluding carboxylic acids is 4. The van der Waals surface area contributed by atoms with Crippen molar-refractivity contribution in [3.63, 3.8) is 0 Å². The van der Waals surface area contributed by atoms with Crippen molar-refractivity contribution in [1.82, 2.24) is 0 Å². The summed E-state index contributed by atoms with van der Waals surface area (Å²) in [4.78, 5) is 72.1. The van der Waals surface area contributed by atoms with Crippen molar-refractivity contribution in [3.8, 4) is 0 Å². The number of hydrogen-bond acceptors (Lipinski definition) is 15. The molecular weight excluding hydrogens is 1090 g/mol. The van der Waals surface area contributed by atoms with E-state index in [1.54, 1.807) is 0 Å². The van der Waals surface area contributed by atoms with Gasteiger partial charge in [0, 0.05) is 25.7 Å². The lowest BCUT2D eigenvalue weighted by atomic mass is 9.99. The number of phosphoric ester groups is 2. The summed E-state index contributed by atoms with van der Waals surface area (Å²) in [5.41, 5.74) is 0. The third-order valence-corrected chi connectivity index (χ3v) is 16.6. The van der Waals surface area contributed by atoms with Crippen LogP contribution in [0.1, 0.15) is 299 Å². The lowest BCUT2D eigenvalue weighted by molar-refractivity contribution is -0.161. The summed E-state index contributed by atoms with van der Waals surface area (Å²) in [5, 5.41) is 10.5. The minimum Gasteiger partial charge on any atom is -0.462 e. The van der Waals surface area contributed by atoms with Crippen molar-refractivity contribution < 1.29 is 80.2 Å². The standard InChI is InChI=1S/C63H122O17P2/c1-9-56(8)42-34-26-17-11-13-19-30-38-46-63(68)79-58(49-73-60(65)43-35-27-20-14-16-24-32-40-54(4)5)51-77-81(69,70)75-47-57(64)48-76-82(71,72)78-52-59(50-74-61(66)44-36-28-22-21-25-33-41-55(6)7)80-62(67)45-37-29-18-12-10-15-23-31-39-53(2)3/h53-59,64H,9-52H2,1-8H3,(H,69,70)(H,71,72)/t56?,57?,58-,59-/m1/s1. The summed E-state index contributed by atoms with van der Waals surface area (Å²) < 4.78 is 67.9. The molecule has 0 spiro atoms. The van der Waals surface area contributed by atoms with Gasteiger partial charge < -0.3 is 33.8 Å². The third kappa shape index (κ3) is 55.9. The summed E-state index contributed by atoms with van der Waals surface area (Å²) in [6.07, 6.45) is 32.3. The Morgan fingerprint density at radius 1 is 0.341 bits per heavy atom. The number of esters is 4. The van der Waals surface area contributed by atoms with Crippen LogP contribution < -0.4 is 0 Å². The smallest absolute Gasteiger partial charge is 0.462 e. The zero-order valence-electron chi connectivity index (χ0n) is 53.1. The van der Waals surface area contributed by atoms with Gasteiger partial charge in [-0.25, -0.2) is 9.13 Å². The fourth-order valence-electron chi connectivity index (χ4n) is 9.22. The number of aliphatic hydroxyl groups is 1. The largest absolute Gasteiger partial charge is 0.472 e. The van der Waals surface area contributed by atoms with E-state index in [2.05, 4.69) is 55.4 Å². The van der Waals surface area contributed by atoms with E-state index in [-0.39, 0.29) is 25.7 Å². The van der Waals surface area contributed by atoms with Gasteiger partial charge in [-0.05, 0) is 49.4 Å². The molecule has 0 aliphatic rings. The summed E-state index contributed by atoms with van der Waals surface area (Å²) >= 11 is 0. The molecule has 0 aliphatic carbocycles. The van der Waals surface area contributed by atoms with Crippen molar-refractivity contribution in [2.75, 3.05) is 39.6 Å². The Labute approximate surface area is 498 Å². The third-order valence-electron chi connectivity index (χ3n) is 14.7. The molecule has 0 heterocycles. The highest BCUT2D eigenvalue weighted by Crippen LogP contribution is 2.45.